The number of hydrogen-bond acceptors (Lipinski definition) is 9. The molecule has 6 rings (SSSR count). The van der Waals surface area contributed by atoms with Crippen LogP contribution >= 0.6 is 11.6 Å². The van der Waals surface area contributed by atoms with Crippen LogP contribution < -0.4 is 9.04 Å². The van der Waals surface area contributed by atoms with Crippen LogP contribution in [-0.4, -0.2) is 84.6 Å². The number of ether oxygens (including phenoxy) is 2. The molecule has 2 aromatic heterocycles. The highest BCUT2D eigenvalue weighted by atomic mass is 35.5. The summed E-state index contributed by atoms with van der Waals surface area (Å²) in [6.07, 6.45) is 6.04. The van der Waals surface area contributed by atoms with E-state index in [1.54, 1.807) is 36.8 Å². The summed E-state index contributed by atoms with van der Waals surface area (Å²) in [7, 11) is -3.08. The van der Waals surface area contributed by atoms with Gasteiger partial charge in [-0.15, -0.1) is 0 Å². The van der Waals surface area contributed by atoms with Gasteiger partial charge in [-0.3, -0.25) is 9.69 Å². The van der Waals surface area contributed by atoms with Gasteiger partial charge in [-0.1, -0.05) is 29.8 Å². The number of amides is 2. The molecule has 14 heteroatoms. The first-order valence-corrected chi connectivity index (χ1v) is 15.7. The lowest BCUT2D eigenvalue weighted by atomic mass is 9.87. The Kier molecular flexibility index (Phi) is 8.01. The average molecular weight is 637 g/mol. The van der Waals surface area contributed by atoms with Crippen molar-refractivity contribution in [2.75, 3.05) is 44.1 Å². The van der Waals surface area contributed by atoms with E-state index in [1.165, 1.54) is 54.6 Å². The molecule has 1 fully saturated rings. The van der Waals surface area contributed by atoms with Crippen molar-refractivity contribution in [1.82, 2.24) is 24.3 Å². The van der Waals surface area contributed by atoms with Crippen LogP contribution in [0.15, 0.2) is 90.5 Å². The Balaban J connectivity index is 1.38. The monoisotopic (exact) mass is 636 g/mol. The van der Waals surface area contributed by atoms with E-state index in [0.717, 1.165) is 13.1 Å². The Hall–Kier alpha value is -4.46. The van der Waals surface area contributed by atoms with Gasteiger partial charge >= 0.3 is 6.09 Å². The Labute approximate surface area is 259 Å². The van der Waals surface area contributed by atoms with Gasteiger partial charge in [-0.2, -0.15) is 4.31 Å². The molecule has 2 aliphatic heterocycles. The minimum absolute atomic E-state index is 0.00582. The molecule has 4 aromatic rings. The summed E-state index contributed by atoms with van der Waals surface area (Å²) in [6.45, 7) is 3.37. The third kappa shape index (κ3) is 5.16. The van der Waals surface area contributed by atoms with Gasteiger partial charge in [0.2, 0.25) is 5.88 Å². The van der Waals surface area contributed by atoms with Crippen molar-refractivity contribution in [2.24, 2.45) is 0 Å². The lowest BCUT2D eigenvalue weighted by Gasteiger charge is -2.37. The number of fused-ring (bicyclic) bond motifs is 1. The summed E-state index contributed by atoms with van der Waals surface area (Å²) < 4.78 is 42.3. The number of carbonyl (C=O) groups excluding carboxylic acids is 2. The molecule has 2 aromatic carbocycles. The van der Waals surface area contributed by atoms with Crippen molar-refractivity contribution in [3.63, 3.8) is 0 Å². The fourth-order valence-corrected chi connectivity index (χ4v) is 7.18. The number of anilines is 1. The molecule has 2 aliphatic rings. The Morgan fingerprint density at radius 1 is 0.977 bits per heavy atom. The molecule has 0 aliphatic carbocycles. The summed E-state index contributed by atoms with van der Waals surface area (Å²) in [5.41, 5.74) is -2.12. The normalized spacial score (nSPS) is 18.7. The predicted molar refractivity (Wildman–Crippen MR) is 161 cm³/mol. The molecule has 228 valence electrons. The van der Waals surface area contributed by atoms with E-state index in [2.05, 4.69) is 14.9 Å². The molecule has 0 N–H and O–H groups in total. The number of imidazole rings is 1. The minimum atomic E-state index is -4.44. The smallest absolute Gasteiger partial charge is 0.411 e. The molecular formula is C30H29ClN6O6S. The average Bonchev–Trinajstić information content (AvgIpc) is 3.65. The van der Waals surface area contributed by atoms with Crippen LogP contribution in [0.4, 0.5) is 10.5 Å². The first-order valence-electron chi connectivity index (χ1n) is 13.9. The van der Waals surface area contributed by atoms with E-state index >= 15 is 0 Å². The highest BCUT2D eigenvalue weighted by Gasteiger charge is 2.61. The number of methoxy groups -OCH3 is 1. The molecule has 1 saturated heterocycles. The van der Waals surface area contributed by atoms with Crippen molar-refractivity contribution >= 4 is 39.3 Å². The maximum Gasteiger partial charge on any atom is 0.411 e. The van der Waals surface area contributed by atoms with Crippen LogP contribution in [0, 0.1) is 0 Å². The molecule has 44 heavy (non-hydrogen) atoms. The Bertz CT molecular complexity index is 1780. The van der Waals surface area contributed by atoms with Crippen molar-refractivity contribution < 1.29 is 27.5 Å². The van der Waals surface area contributed by atoms with Crippen LogP contribution in [0.1, 0.15) is 11.1 Å². The largest absolute Gasteiger partial charge is 0.481 e. The Morgan fingerprint density at radius 3 is 2.45 bits per heavy atom. The van der Waals surface area contributed by atoms with Gasteiger partial charge in [-0.05, 0) is 42.5 Å². The molecule has 1 unspecified atom stereocenters. The number of pyridine rings is 1. The van der Waals surface area contributed by atoms with Crippen molar-refractivity contribution in [2.45, 2.75) is 17.0 Å². The number of rotatable bonds is 8. The SMILES string of the molecule is COc1ncccc1C1(OC(=O)N2CCN(CCn3ccnc3)CC2)C(=O)N(S(=O)(=O)c2ccccc2)c2ccc(Cl)cc21. The number of nitrogens with zero attached hydrogens (tertiary/aromatic N) is 6. The van der Waals surface area contributed by atoms with E-state index in [9.17, 15) is 18.0 Å². The maximum absolute atomic E-state index is 14.7. The highest BCUT2D eigenvalue weighted by Crippen LogP contribution is 2.51. The lowest BCUT2D eigenvalue weighted by molar-refractivity contribution is -0.132. The quantitative estimate of drug-likeness (QED) is 0.286. The highest BCUT2D eigenvalue weighted by molar-refractivity contribution is 7.93. The van der Waals surface area contributed by atoms with Gasteiger partial charge in [0.1, 0.15) is 0 Å². The van der Waals surface area contributed by atoms with E-state index < -0.39 is 27.6 Å². The number of aromatic nitrogens is 3. The minimum Gasteiger partial charge on any atom is -0.481 e. The molecule has 2 amide bonds. The molecule has 0 bridgehead atoms. The summed E-state index contributed by atoms with van der Waals surface area (Å²) in [6, 6.07) is 15.0. The third-order valence-electron chi connectivity index (χ3n) is 7.77. The zero-order valence-electron chi connectivity index (χ0n) is 23.7. The summed E-state index contributed by atoms with van der Waals surface area (Å²) in [4.78, 5) is 40.5. The lowest BCUT2D eigenvalue weighted by Crippen LogP contribution is -2.53. The zero-order valence-corrected chi connectivity index (χ0v) is 25.3. The van der Waals surface area contributed by atoms with E-state index in [0.29, 0.717) is 30.5 Å². The number of carbonyl (C=O) groups is 2. The van der Waals surface area contributed by atoms with E-state index in [4.69, 9.17) is 21.1 Å². The molecule has 0 radical (unpaired) electrons. The van der Waals surface area contributed by atoms with E-state index in [-0.39, 0.29) is 32.6 Å². The summed E-state index contributed by atoms with van der Waals surface area (Å²) >= 11 is 6.42. The van der Waals surface area contributed by atoms with Gasteiger partial charge in [0.25, 0.3) is 21.5 Å². The standard InChI is InChI=1S/C30H29ClN6O6S/c1-42-27-24(8-5-11-33-27)30(43-29(39)36-18-16-34(17-19-36)14-15-35-13-12-32-21-35)25-20-22(31)9-10-26(25)37(28(30)38)44(40,41)23-6-3-2-4-7-23/h2-13,20-21H,14-19H2,1H3. The second-order valence-corrected chi connectivity index (χ2v) is 12.5. The van der Waals surface area contributed by atoms with Crippen LogP contribution in [0.5, 0.6) is 5.88 Å². The number of halogens is 1. The molecule has 0 spiro atoms. The van der Waals surface area contributed by atoms with E-state index in [1.807, 2.05) is 10.8 Å². The second kappa shape index (κ2) is 11.9. The summed E-state index contributed by atoms with van der Waals surface area (Å²) in [5, 5.41) is 0.213. The van der Waals surface area contributed by atoms with Gasteiger partial charge in [0.05, 0.1) is 29.6 Å². The Morgan fingerprint density at radius 2 is 1.75 bits per heavy atom. The van der Waals surface area contributed by atoms with Gasteiger partial charge in [0.15, 0.2) is 0 Å². The molecule has 4 heterocycles. The number of piperazine rings is 1. The molecular weight excluding hydrogens is 608 g/mol. The fourth-order valence-electron chi connectivity index (χ4n) is 5.53. The van der Waals surface area contributed by atoms with Crippen LogP contribution in [-0.2, 0) is 31.7 Å². The fraction of sp³-hybridized carbons (Fsp3) is 0.267. The summed E-state index contributed by atoms with van der Waals surface area (Å²) in [5.74, 6) is -1.03. The first-order chi connectivity index (χ1) is 21.3. The van der Waals surface area contributed by atoms with Gasteiger partial charge < -0.3 is 18.9 Å². The van der Waals surface area contributed by atoms with Crippen LogP contribution in [0.3, 0.4) is 0 Å². The van der Waals surface area contributed by atoms with Gasteiger partial charge in [0, 0.05) is 68.4 Å². The number of sulfonamides is 1. The molecule has 0 saturated carbocycles. The maximum atomic E-state index is 14.7. The van der Waals surface area contributed by atoms with Crippen molar-refractivity contribution in [1.29, 1.82) is 0 Å². The zero-order chi connectivity index (χ0) is 30.9. The van der Waals surface area contributed by atoms with Crippen LogP contribution in [0.2, 0.25) is 5.02 Å². The topological polar surface area (TPSA) is 127 Å². The van der Waals surface area contributed by atoms with Gasteiger partial charge in [-0.25, -0.2) is 23.2 Å². The third-order valence-corrected chi connectivity index (χ3v) is 9.72. The number of benzene rings is 2. The molecule has 1 atom stereocenters. The second-order valence-electron chi connectivity index (χ2n) is 10.3. The number of hydrogen-bond donors (Lipinski definition) is 0. The predicted octanol–water partition coefficient (Wildman–Crippen LogP) is 3.37. The van der Waals surface area contributed by atoms with Crippen molar-refractivity contribution in [3.8, 4) is 5.88 Å². The molecule has 12 nitrogen and oxygen atoms in total. The van der Waals surface area contributed by atoms with Crippen LogP contribution in [0.25, 0.3) is 0 Å². The first kappa shape index (κ1) is 29.6. The van der Waals surface area contributed by atoms with Crippen molar-refractivity contribution in [3.05, 3.63) is 102 Å².